The smallest absolute Gasteiger partial charge is 0.258 e. The summed E-state index contributed by atoms with van der Waals surface area (Å²) < 4.78 is 3.18. The number of aryl methyl sites for hydroxylation is 1. The molecule has 2 N–H and O–H groups in total. The van der Waals surface area contributed by atoms with Crippen LogP contribution in [0, 0.1) is 0 Å². The highest BCUT2D eigenvalue weighted by atomic mass is 16.3. The van der Waals surface area contributed by atoms with Crippen molar-refractivity contribution in [3.63, 3.8) is 0 Å². The van der Waals surface area contributed by atoms with Crippen LogP contribution in [-0.2, 0) is 24.2 Å². The van der Waals surface area contributed by atoms with Gasteiger partial charge in [-0.2, -0.15) is 15.2 Å². The summed E-state index contributed by atoms with van der Waals surface area (Å²) in [5.41, 5.74) is 8.28. The van der Waals surface area contributed by atoms with Gasteiger partial charge < -0.3 is 5.11 Å². The van der Waals surface area contributed by atoms with E-state index in [9.17, 15) is 14.7 Å². The van der Waals surface area contributed by atoms with Crippen LogP contribution >= 0.6 is 0 Å². The summed E-state index contributed by atoms with van der Waals surface area (Å²) >= 11 is 0. The maximum absolute atomic E-state index is 13.5. The third-order valence-corrected chi connectivity index (χ3v) is 6.19. The van der Waals surface area contributed by atoms with E-state index in [-0.39, 0.29) is 31.0 Å². The van der Waals surface area contributed by atoms with Crippen LogP contribution in [0.4, 0.5) is 0 Å². The zero-order chi connectivity index (χ0) is 24.4. The molecule has 35 heavy (non-hydrogen) atoms. The van der Waals surface area contributed by atoms with Crippen molar-refractivity contribution in [1.82, 2.24) is 24.6 Å². The van der Waals surface area contributed by atoms with Gasteiger partial charge >= 0.3 is 0 Å². The van der Waals surface area contributed by atoms with Gasteiger partial charge in [-0.05, 0) is 29.2 Å². The minimum atomic E-state index is -0.175. The van der Waals surface area contributed by atoms with E-state index in [1.807, 2.05) is 48.5 Å². The van der Waals surface area contributed by atoms with Gasteiger partial charge in [0.25, 0.3) is 5.56 Å². The molecule has 0 saturated carbocycles. The van der Waals surface area contributed by atoms with Gasteiger partial charge in [-0.3, -0.25) is 14.2 Å². The maximum Gasteiger partial charge on any atom is 0.258 e. The molecule has 5 rings (SSSR count). The SMILES string of the molecule is CCCc1c(Cc2ccc(-c3ccccc3)c(C3=NNC(=O)C3)c2)c(=O)n(CCO)c2ncnn12. The Balaban J connectivity index is 1.64. The van der Waals surface area contributed by atoms with Crippen LogP contribution in [0.15, 0.2) is 64.8 Å². The molecule has 1 aliphatic heterocycles. The normalized spacial score (nSPS) is 13.3. The number of fused-ring (bicyclic) bond motifs is 1. The molecule has 3 heterocycles. The predicted octanol–water partition coefficient (Wildman–Crippen LogP) is 2.32. The van der Waals surface area contributed by atoms with Crippen LogP contribution in [0.5, 0.6) is 0 Å². The third-order valence-electron chi connectivity index (χ3n) is 6.19. The molecule has 0 spiro atoms. The van der Waals surface area contributed by atoms with E-state index in [2.05, 4.69) is 27.5 Å². The number of carbonyl (C=O) groups excluding carboxylic acids is 1. The van der Waals surface area contributed by atoms with Gasteiger partial charge in [0, 0.05) is 17.5 Å². The quantitative estimate of drug-likeness (QED) is 0.410. The van der Waals surface area contributed by atoms with E-state index >= 15 is 0 Å². The maximum atomic E-state index is 13.5. The van der Waals surface area contributed by atoms with E-state index in [4.69, 9.17) is 0 Å². The Hall–Kier alpha value is -4.11. The van der Waals surface area contributed by atoms with Gasteiger partial charge in [0.2, 0.25) is 11.7 Å². The van der Waals surface area contributed by atoms with E-state index in [1.165, 1.54) is 10.9 Å². The van der Waals surface area contributed by atoms with Crippen molar-refractivity contribution in [3.05, 3.63) is 87.6 Å². The van der Waals surface area contributed by atoms with Crippen molar-refractivity contribution < 1.29 is 9.90 Å². The Morgan fingerprint density at radius 3 is 2.63 bits per heavy atom. The lowest BCUT2D eigenvalue weighted by Gasteiger charge is -2.16. The monoisotopic (exact) mass is 470 g/mol. The lowest BCUT2D eigenvalue weighted by atomic mass is 9.91. The second-order valence-electron chi connectivity index (χ2n) is 8.52. The molecule has 2 aromatic carbocycles. The molecule has 1 amide bonds. The van der Waals surface area contributed by atoms with Crippen LogP contribution in [-0.4, -0.2) is 42.5 Å². The first-order valence-electron chi connectivity index (χ1n) is 11.7. The molecular weight excluding hydrogens is 444 g/mol. The fraction of sp³-hybridized carbons (Fsp3) is 0.269. The number of benzene rings is 2. The number of hydrazone groups is 1. The molecule has 0 saturated heterocycles. The Kier molecular flexibility index (Phi) is 6.24. The van der Waals surface area contributed by atoms with Crippen molar-refractivity contribution in [2.45, 2.75) is 39.2 Å². The first kappa shape index (κ1) is 22.7. The first-order valence-corrected chi connectivity index (χ1v) is 11.7. The van der Waals surface area contributed by atoms with Gasteiger partial charge in [-0.15, -0.1) is 0 Å². The van der Waals surface area contributed by atoms with Crippen molar-refractivity contribution >= 4 is 17.4 Å². The van der Waals surface area contributed by atoms with Crippen molar-refractivity contribution in [3.8, 4) is 11.1 Å². The summed E-state index contributed by atoms with van der Waals surface area (Å²) in [4.78, 5) is 29.7. The van der Waals surface area contributed by atoms with Crippen molar-refractivity contribution in [1.29, 1.82) is 0 Å². The van der Waals surface area contributed by atoms with Crippen molar-refractivity contribution in [2.24, 2.45) is 5.10 Å². The number of aliphatic hydroxyl groups is 1. The topological polar surface area (TPSA) is 114 Å². The summed E-state index contributed by atoms with van der Waals surface area (Å²) in [5.74, 6) is 0.291. The fourth-order valence-electron chi connectivity index (χ4n) is 4.62. The number of aromatic nitrogens is 4. The van der Waals surface area contributed by atoms with E-state index in [1.54, 1.807) is 4.52 Å². The second-order valence-corrected chi connectivity index (χ2v) is 8.52. The van der Waals surface area contributed by atoms with Crippen LogP contribution < -0.4 is 11.0 Å². The van der Waals surface area contributed by atoms with E-state index in [0.717, 1.165) is 34.4 Å². The Bertz CT molecular complexity index is 1490. The summed E-state index contributed by atoms with van der Waals surface area (Å²) in [6.07, 6.45) is 3.53. The van der Waals surface area contributed by atoms with Gasteiger partial charge in [-0.1, -0.05) is 55.8 Å². The summed E-state index contributed by atoms with van der Waals surface area (Å²) in [6.45, 7) is 2.02. The zero-order valence-electron chi connectivity index (χ0n) is 19.4. The Morgan fingerprint density at radius 2 is 1.91 bits per heavy atom. The molecule has 0 atom stereocenters. The minimum Gasteiger partial charge on any atom is -0.395 e. The van der Waals surface area contributed by atoms with Crippen LogP contribution in [0.3, 0.4) is 0 Å². The number of rotatable bonds is 8. The molecule has 1 aliphatic rings. The van der Waals surface area contributed by atoms with Crippen LogP contribution in [0.1, 0.15) is 42.1 Å². The standard InChI is InChI=1S/C26H26N6O3/c1-2-6-23-21(25(35)31(11-12-33)26-27-16-28-32(23)26)14-17-9-10-19(18-7-4-3-5-8-18)20(13-17)22-15-24(34)30-29-22/h3-5,7-10,13,16,33H,2,6,11-12,14-15H2,1H3,(H,30,34). The highest BCUT2D eigenvalue weighted by Gasteiger charge is 2.22. The van der Waals surface area contributed by atoms with Gasteiger partial charge in [0.15, 0.2) is 0 Å². The number of carbonyl (C=O) groups is 1. The number of aliphatic hydroxyl groups excluding tert-OH is 1. The fourth-order valence-corrected chi connectivity index (χ4v) is 4.62. The number of hydrogen-bond donors (Lipinski definition) is 2. The molecule has 0 bridgehead atoms. The largest absolute Gasteiger partial charge is 0.395 e. The Morgan fingerprint density at radius 1 is 1.09 bits per heavy atom. The highest BCUT2D eigenvalue weighted by molar-refractivity contribution is 6.16. The molecule has 178 valence electrons. The first-order chi connectivity index (χ1) is 17.1. The third kappa shape index (κ3) is 4.26. The van der Waals surface area contributed by atoms with Gasteiger partial charge in [0.05, 0.1) is 31.0 Å². The summed E-state index contributed by atoms with van der Waals surface area (Å²) in [6, 6.07) is 16.0. The number of nitrogens with one attached hydrogen (secondary N) is 1. The number of hydrogen-bond acceptors (Lipinski definition) is 6. The van der Waals surface area contributed by atoms with Crippen LogP contribution in [0.25, 0.3) is 16.9 Å². The molecule has 0 fully saturated rings. The second kappa shape index (κ2) is 9.63. The lowest BCUT2D eigenvalue weighted by molar-refractivity contribution is -0.119. The van der Waals surface area contributed by atoms with Crippen LogP contribution in [0.2, 0.25) is 0 Å². The molecule has 0 aliphatic carbocycles. The van der Waals surface area contributed by atoms with E-state index < -0.39 is 0 Å². The molecule has 9 heteroatoms. The molecule has 0 unspecified atom stereocenters. The van der Waals surface area contributed by atoms with E-state index in [0.29, 0.717) is 29.9 Å². The Labute approximate surface area is 201 Å². The molecule has 9 nitrogen and oxygen atoms in total. The average molecular weight is 471 g/mol. The zero-order valence-corrected chi connectivity index (χ0v) is 19.4. The average Bonchev–Trinajstić information content (AvgIpc) is 3.54. The molecule has 0 radical (unpaired) electrons. The molecule has 2 aromatic heterocycles. The van der Waals surface area contributed by atoms with Gasteiger partial charge in [0.1, 0.15) is 6.33 Å². The number of amides is 1. The predicted molar refractivity (Wildman–Crippen MR) is 132 cm³/mol. The summed E-state index contributed by atoms with van der Waals surface area (Å²) in [5, 5.41) is 18.2. The molecular formula is C26H26N6O3. The summed E-state index contributed by atoms with van der Waals surface area (Å²) in [7, 11) is 0. The number of nitrogens with zero attached hydrogens (tertiary/aromatic N) is 5. The lowest BCUT2D eigenvalue weighted by Crippen LogP contribution is -2.30. The minimum absolute atomic E-state index is 0.141. The highest BCUT2D eigenvalue weighted by Crippen LogP contribution is 2.28. The van der Waals surface area contributed by atoms with Crippen molar-refractivity contribution in [2.75, 3.05) is 6.61 Å². The molecule has 4 aromatic rings. The van der Waals surface area contributed by atoms with Gasteiger partial charge in [-0.25, -0.2) is 9.94 Å².